The minimum absolute atomic E-state index is 0.0774. The molecule has 0 saturated carbocycles. The highest BCUT2D eigenvalue weighted by Gasteiger charge is 2.24. The van der Waals surface area contributed by atoms with Crippen molar-refractivity contribution in [1.29, 1.82) is 0 Å². The standard InChI is InChI=1S/C14H25NO6/c1-14(2,3)21-13(18)15-11(12(16)17)9-20-8-10-4-6-19-7-5-10/h10-11H,4-9H2,1-3H3,(H,15,18)(H,16,17)/t11-/m0/s1. The van der Waals surface area contributed by atoms with Gasteiger partial charge in [0, 0.05) is 19.8 Å². The summed E-state index contributed by atoms with van der Waals surface area (Å²) < 4.78 is 15.7. The van der Waals surface area contributed by atoms with Gasteiger partial charge in [0.25, 0.3) is 0 Å². The molecule has 1 saturated heterocycles. The second kappa shape index (κ2) is 8.19. The maximum atomic E-state index is 11.6. The van der Waals surface area contributed by atoms with Crippen molar-refractivity contribution in [2.75, 3.05) is 26.4 Å². The molecule has 0 radical (unpaired) electrons. The molecule has 2 N–H and O–H groups in total. The number of carboxylic acids is 1. The molecule has 1 amide bonds. The van der Waals surface area contributed by atoms with Gasteiger partial charge in [0.05, 0.1) is 6.61 Å². The molecular formula is C14H25NO6. The third-order valence-electron chi connectivity index (χ3n) is 2.97. The highest BCUT2D eigenvalue weighted by atomic mass is 16.6. The molecule has 0 aromatic carbocycles. The molecule has 0 unspecified atom stereocenters. The summed E-state index contributed by atoms with van der Waals surface area (Å²) in [6.07, 6.45) is 1.07. The molecule has 1 atom stereocenters. The Morgan fingerprint density at radius 1 is 1.33 bits per heavy atom. The number of alkyl carbamates (subject to hydrolysis) is 1. The summed E-state index contributed by atoms with van der Waals surface area (Å²) >= 11 is 0. The molecule has 122 valence electrons. The van der Waals surface area contributed by atoms with Crippen molar-refractivity contribution in [3.63, 3.8) is 0 Å². The minimum Gasteiger partial charge on any atom is -0.480 e. The first-order chi connectivity index (χ1) is 9.78. The summed E-state index contributed by atoms with van der Waals surface area (Å²) in [5.41, 5.74) is -0.671. The zero-order chi connectivity index (χ0) is 15.9. The van der Waals surface area contributed by atoms with Gasteiger partial charge in [0.2, 0.25) is 0 Å². The van der Waals surface area contributed by atoms with E-state index in [4.69, 9.17) is 19.3 Å². The molecule has 0 aliphatic carbocycles. The second-order valence-corrected chi connectivity index (χ2v) is 6.13. The number of ether oxygens (including phenoxy) is 3. The first-order valence-corrected chi connectivity index (χ1v) is 7.16. The zero-order valence-corrected chi connectivity index (χ0v) is 12.9. The van der Waals surface area contributed by atoms with Crippen LogP contribution in [0.15, 0.2) is 0 Å². The van der Waals surface area contributed by atoms with Crippen molar-refractivity contribution in [2.45, 2.75) is 45.3 Å². The van der Waals surface area contributed by atoms with Crippen LogP contribution in [-0.4, -0.2) is 55.2 Å². The van der Waals surface area contributed by atoms with E-state index in [0.717, 1.165) is 12.8 Å². The van der Waals surface area contributed by atoms with Crippen LogP contribution in [-0.2, 0) is 19.0 Å². The summed E-state index contributed by atoms with van der Waals surface area (Å²) in [4.78, 5) is 22.7. The van der Waals surface area contributed by atoms with Crippen LogP contribution in [0.1, 0.15) is 33.6 Å². The van der Waals surface area contributed by atoms with Crippen molar-refractivity contribution in [3.05, 3.63) is 0 Å². The fourth-order valence-electron chi connectivity index (χ4n) is 1.89. The van der Waals surface area contributed by atoms with Crippen LogP contribution >= 0.6 is 0 Å². The summed E-state index contributed by atoms with van der Waals surface area (Å²) in [5.74, 6) is -0.762. The number of carbonyl (C=O) groups is 2. The van der Waals surface area contributed by atoms with Gasteiger partial charge in [0.1, 0.15) is 5.60 Å². The number of amides is 1. The van der Waals surface area contributed by atoms with Gasteiger partial charge in [-0.1, -0.05) is 0 Å². The van der Waals surface area contributed by atoms with E-state index >= 15 is 0 Å². The Hall–Kier alpha value is -1.34. The molecular weight excluding hydrogens is 278 g/mol. The molecule has 0 bridgehead atoms. The van der Waals surface area contributed by atoms with E-state index in [1.807, 2.05) is 0 Å². The highest BCUT2D eigenvalue weighted by Crippen LogP contribution is 2.14. The first kappa shape index (κ1) is 17.7. The topological polar surface area (TPSA) is 94.1 Å². The van der Waals surface area contributed by atoms with Crippen LogP contribution in [0.4, 0.5) is 4.79 Å². The maximum absolute atomic E-state index is 11.6. The van der Waals surface area contributed by atoms with Crippen molar-refractivity contribution in [1.82, 2.24) is 5.32 Å². The van der Waals surface area contributed by atoms with Gasteiger partial charge >= 0.3 is 12.1 Å². The first-order valence-electron chi connectivity index (χ1n) is 7.16. The van der Waals surface area contributed by atoms with Gasteiger partial charge in [-0.05, 0) is 39.5 Å². The lowest BCUT2D eigenvalue weighted by Crippen LogP contribution is -2.46. The number of aliphatic carboxylic acids is 1. The van der Waals surface area contributed by atoms with E-state index in [9.17, 15) is 9.59 Å². The third-order valence-corrected chi connectivity index (χ3v) is 2.97. The van der Waals surface area contributed by atoms with E-state index in [1.54, 1.807) is 20.8 Å². The van der Waals surface area contributed by atoms with Gasteiger partial charge in [-0.2, -0.15) is 0 Å². The predicted octanol–water partition coefficient (Wildman–Crippen LogP) is 1.41. The van der Waals surface area contributed by atoms with E-state index in [2.05, 4.69) is 5.32 Å². The fourth-order valence-corrected chi connectivity index (χ4v) is 1.89. The van der Waals surface area contributed by atoms with Crippen molar-refractivity contribution in [3.8, 4) is 0 Å². The van der Waals surface area contributed by atoms with E-state index in [0.29, 0.717) is 25.7 Å². The van der Waals surface area contributed by atoms with E-state index in [1.165, 1.54) is 0 Å². The van der Waals surface area contributed by atoms with Crippen LogP contribution in [0.3, 0.4) is 0 Å². The number of rotatable bonds is 6. The second-order valence-electron chi connectivity index (χ2n) is 6.13. The number of hydrogen-bond donors (Lipinski definition) is 2. The SMILES string of the molecule is CC(C)(C)OC(=O)N[C@@H](COCC1CCOCC1)C(=O)O. The molecule has 1 heterocycles. The quantitative estimate of drug-likeness (QED) is 0.770. The molecule has 1 aliphatic heterocycles. The summed E-state index contributed by atoms with van der Waals surface area (Å²) in [6, 6.07) is -1.11. The Morgan fingerprint density at radius 2 is 1.95 bits per heavy atom. The van der Waals surface area contributed by atoms with Gasteiger partial charge in [-0.15, -0.1) is 0 Å². The normalized spacial score (nSPS) is 18.0. The largest absolute Gasteiger partial charge is 0.480 e. The van der Waals surface area contributed by atoms with Crippen LogP contribution in [0.5, 0.6) is 0 Å². The molecule has 0 spiro atoms. The average molecular weight is 303 g/mol. The van der Waals surface area contributed by atoms with Gasteiger partial charge in [0.15, 0.2) is 6.04 Å². The van der Waals surface area contributed by atoms with Crippen LogP contribution in [0.25, 0.3) is 0 Å². The molecule has 7 heteroatoms. The molecule has 1 rings (SSSR count). The minimum atomic E-state index is -1.15. The summed E-state index contributed by atoms with van der Waals surface area (Å²) in [6.45, 7) is 6.96. The van der Waals surface area contributed by atoms with Gasteiger partial charge in [-0.25, -0.2) is 9.59 Å². The average Bonchev–Trinajstić information content (AvgIpc) is 2.36. The predicted molar refractivity (Wildman–Crippen MR) is 75.2 cm³/mol. The molecule has 7 nitrogen and oxygen atoms in total. The lowest BCUT2D eigenvalue weighted by atomic mass is 10.0. The smallest absolute Gasteiger partial charge is 0.408 e. The molecule has 0 aromatic rings. The molecule has 1 fully saturated rings. The number of carbonyl (C=O) groups excluding carboxylic acids is 1. The number of hydrogen-bond acceptors (Lipinski definition) is 5. The highest BCUT2D eigenvalue weighted by molar-refractivity contribution is 5.80. The van der Waals surface area contributed by atoms with Gasteiger partial charge < -0.3 is 24.6 Å². The lowest BCUT2D eigenvalue weighted by molar-refractivity contribution is -0.141. The van der Waals surface area contributed by atoms with Gasteiger partial charge in [-0.3, -0.25) is 0 Å². The van der Waals surface area contributed by atoms with Crippen molar-refractivity contribution in [2.24, 2.45) is 5.92 Å². The van der Waals surface area contributed by atoms with Crippen molar-refractivity contribution >= 4 is 12.1 Å². The Kier molecular flexibility index (Phi) is 6.91. The molecule has 1 aliphatic rings. The van der Waals surface area contributed by atoms with Crippen molar-refractivity contribution < 1.29 is 28.9 Å². The zero-order valence-electron chi connectivity index (χ0n) is 12.9. The molecule has 0 aromatic heterocycles. The number of nitrogens with one attached hydrogen (secondary N) is 1. The summed E-state index contributed by atoms with van der Waals surface area (Å²) in [7, 11) is 0. The molecule has 21 heavy (non-hydrogen) atoms. The summed E-state index contributed by atoms with van der Waals surface area (Å²) in [5, 5.41) is 11.4. The Bertz CT molecular complexity index is 346. The fraction of sp³-hybridized carbons (Fsp3) is 0.857. The van der Waals surface area contributed by atoms with E-state index < -0.39 is 23.7 Å². The Labute approximate surface area is 124 Å². The van der Waals surface area contributed by atoms with Crippen LogP contribution in [0.2, 0.25) is 0 Å². The lowest BCUT2D eigenvalue weighted by Gasteiger charge is -2.24. The third kappa shape index (κ3) is 7.87. The van der Waals surface area contributed by atoms with E-state index in [-0.39, 0.29) is 6.61 Å². The monoisotopic (exact) mass is 303 g/mol. The Morgan fingerprint density at radius 3 is 2.48 bits per heavy atom. The number of carboxylic acid groups (broad SMARTS) is 1. The van der Waals surface area contributed by atoms with Crippen LogP contribution < -0.4 is 5.32 Å². The Balaban J connectivity index is 2.32. The maximum Gasteiger partial charge on any atom is 0.408 e. The van der Waals surface area contributed by atoms with Crippen LogP contribution in [0, 0.1) is 5.92 Å².